The molecule has 1 aliphatic heterocycles. The van der Waals surface area contributed by atoms with Gasteiger partial charge in [-0.05, 0) is 30.7 Å². The number of hydrogen-bond donors (Lipinski definition) is 2. The summed E-state index contributed by atoms with van der Waals surface area (Å²) in [7, 11) is -2.28. The summed E-state index contributed by atoms with van der Waals surface area (Å²) in [5, 5.41) is 0. The van der Waals surface area contributed by atoms with E-state index in [-0.39, 0.29) is 54.8 Å². The number of ether oxygens (including phenoxy) is 2. The summed E-state index contributed by atoms with van der Waals surface area (Å²) in [5.41, 5.74) is 4.65. The van der Waals surface area contributed by atoms with Crippen molar-refractivity contribution in [3.05, 3.63) is 50.7 Å². The molecule has 0 spiro atoms. The van der Waals surface area contributed by atoms with Gasteiger partial charge in [0.1, 0.15) is 5.82 Å². The number of amides is 1. The molecule has 3 N–H and O–H groups in total. The molecule has 34 heavy (non-hydrogen) atoms. The Balaban J connectivity index is 1.97. The number of carbonyl (C=O) groups is 1. The third-order valence-corrected chi connectivity index (χ3v) is 7.32. The molecule has 2 heterocycles. The smallest absolute Gasteiger partial charge is 0.330 e. The monoisotopic (exact) mass is 495 g/mol. The van der Waals surface area contributed by atoms with Gasteiger partial charge in [-0.3, -0.25) is 24.0 Å². The molecule has 0 atom stereocenters. The number of H-pyrrole nitrogens is 1. The number of anilines is 2. The molecule has 1 aromatic heterocycles. The van der Waals surface area contributed by atoms with E-state index < -0.39 is 27.2 Å². The fourth-order valence-corrected chi connectivity index (χ4v) is 5.05. The lowest BCUT2D eigenvalue weighted by Crippen LogP contribution is -2.42. The molecule has 1 aliphatic rings. The molecule has 12 nitrogen and oxygen atoms in total. The zero-order valence-corrected chi connectivity index (χ0v) is 20.0. The van der Waals surface area contributed by atoms with Gasteiger partial charge in [-0.25, -0.2) is 13.2 Å². The summed E-state index contributed by atoms with van der Waals surface area (Å²) < 4.78 is 38.5. The average molecular weight is 496 g/mol. The van der Waals surface area contributed by atoms with Gasteiger partial charge in [-0.15, -0.1) is 0 Å². The molecule has 3 rings (SSSR count). The molecular weight excluding hydrogens is 466 g/mol. The first-order valence-electron chi connectivity index (χ1n) is 10.8. The van der Waals surface area contributed by atoms with Crippen molar-refractivity contribution in [2.24, 2.45) is 0 Å². The number of morpholine rings is 1. The lowest BCUT2D eigenvalue weighted by molar-refractivity contribution is 0.0730. The molecule has 1 amide bonds. The van der Waals surface area contributed by atoms with Crippen LogP contribution >= 0.6 is 0 Å². The first-order valence-corrected chi connectivity index (χ1v) is 12.3. The van der Waals surface area contributed by atoms with E-state index in [1.165, 1.54) is 40.2 Å². The Kier molecular flexibility index (Phi) is 8.25. The van der Waals surface area contributed by atoms with Crippen LogP contribution < -0.4 is 21.9 Å². The summed E-state index contributed by atoms with van der Waals surface area (Å²) in [4.78, 5) is 41.6. The van der Waals surface area contributed by atoms with Crippen LogP contribution in [-0.4, -0.2) is 74.7 Å². The fraction of sp³-hybridized carbons (Fsp3) is 0.476. The van der Waals surface area contributed by atoms with Crippen molar-refractivity contribution >= 4 is 27.4 Å². The highest BCUT2D eigenvalue weighted by Crippen LogP contribution is 2.22. The van der Waals surface area contributed by atoms with Gasteiger partial charge >= 0.3 is 5.69 Å². The maximum atomic E-state index is 13.4. The highest BCUT2D eigenvalue weighted by Gasteiger charge is 2.28. The number of nitrogens with zero attached hydrogens (tertiary/aromatic N) is 3. The molecule has 1 fully saturated rings. The van der Waals surface area contributed by atoms with Gasteiger partial charge in [0.15, 0.2) is 5.69 Å². The summed E-state index contributed by atoms with van der Waals surface area (Å²) in [6, 6.07) is 5.44. The summed E-state index contributed by atoms with van der Waals surface area (Å²) in [6.45, 7) is 3.33. The van der Waals surface area contributed by atoms with Crippen LogP contribution in [0.2, 0.25) is 0 Å². The van der Waals surface area contributed by atoms with E-state index in [1.807, 2.05) is 6.92 Å². The number of aromatic nitrogens is 2. The molecule has 13 heteroatoms. The Labute approximate surface area is 196 Å². The molecule has 186 valence electrons. The first-order chi connectivity index (χ1) is 16.2. The second-order valence-corrected chi connectivity index (χ2v) is 9.57. The van der Waals surface area contributed by atoms with E-state index in [9.17, 15) is 22.8 Å². The Morgan fingerprint density at radius 2 is 1.85 bits per heavy atom. The minimum atomic E-state index is -3.73. The van der Waals surface area contributed by atoms with Crippen LogP contribution in [0.4, 0.5) is 11.5 Å². The number of aromatic amines is 1. The molecule has 0 saturated carbocycles. The van der Waals surface area contributed by atoms with Gasteiger partial charge in [0.05, 0.1) is 24.7 Å². The summed E-state index contributed by atoms with van der Waals surface area (Å²) >= 11 is 0. The van der Waals surface area contributed by atoms with Crippen LogP contribution in [0.25, 0.3) is 0 Å². The highest BCUT2D eigenvalue weighted by molar-refractivity contribution is 7.89. The number of rotatable bonds is 9. The van der Waals surface area contributed by atoms with E-state index >= 15 is 0 Å². The van der Waals surface area contributed by atoms with Crippen molar-refractivity contribution in [3.63, 3.8) is 0 Å². The number of nitrogen functional groups attached to an aromatic ring is 1. The maximum Gasteiger partial charge on any atom is 0.330 e. The van der Waals surface area contributed by atoms with E-state index in [1.54, 1.807) is 0 Å². The van der Waals surface area contributed by atoms with Crippen molar-refractivity contribution in [1.29, 1.82) is 0 Å². The van der Waals surface area contributed by atoms with Crippen molar-refractivity contribution in [2.75, 3.05) is 57.2 Å². The second kappa shape index (κ2) is 11.0. The fourth-order valence-electron chi connectivity index (χ4n) is 3.64. The van der Waals surface area contributed by atoms with Gasteiger partial charge < -0.3 is 15.2 Å². The number of carbonyl (C=O) groups excluding carboxylic acids is 1. The van der Waals surface area contributed by atoms with Crippen LogP contribution in [0.5, 0.6) is 0 Å². The van der Waals surface area contributed by atoms with Gasteiger partial charge in [0.2, 0.25) is 10.0 Å². The van der Waals surface area contributed by atoms with Gasteiger partial charge in [-0.2, -0.15) is 4.31 Å². The van der Waals surface area contributed by atoms with Gasteiger partial charge in [-0.1, -0.05) is 6.92 Å². The topological polar surface area (TPSA) is 157 Å². The van der Waals surface area contributed by atoms with Crippen LogP contribution in [0.1, 0.15) is 23.7 Å². The summed E-state index contributed by atoms with van der Waals surface area (Å²) in [5.74, 6) is -0.724. The Morgan fingerprint density at radius 3 is 2.44 bits per heavy atom. The van der Waals surface area contributed by atoms with Gasteiger partial charge in [0.25, 0.3) is 11.5 Å². The normalized spacial score (nSPS) is 14.8. The molecule has 2 aromatic rings. The molecule has 0 radical (unpaired) electrons. The molecule has 1 saturated heterocycles. The predicted molar refractivity (Wildman–Crippen MR) is 126 cm³/mol. The van der Waals surface area contributed by atoms with Crippen LogP contribution in [0.15, 0.2) is 38.8 Å². The first kappa shape index (κ1) is 25.6. The van der Waals surface area contributed by atoms with E-state index in [4.69, 9.17) is 15.2 Å². The average Bonchev–Trinajstić information content (AvgIpc) is 2.84. The van der Waals surface area contributed by atoms with E-state index in [0.717, 1.165) is 4.90 Å². The maximum absolute atomic E-state index is 13.4. The second-order valence-electron chi connectivity index (χ2n) is 7.64. The number of benzene rings is 1. The number of hydrogen-bond acceptors (Lipinski definition) is 8. The van der Waals surface area contributed by atoms with Crippen LogP contribution in [0, 0.1) is 0 Å². The highest BCUT2D eigenvalue weighted by atomic mass is 32.2. The van der Waals surface area contributed by atoms with Gasteiger partial charge in [0, 0.05) is 38.9 Å². The number of sulfonamides is 1. The SMILES string of the molecule is CCCn1c(N)c(N(CCOC)C(=O)c2ccc(S(=O)(=O)N3CCOCC3)cc2)c(=O)[nH]c1=O. The largest absolute Gasteiger partial charge is 0.383 e. The molecule has 1 aromatic carbocycles. The van der Waals surface area contributed by atoms with E-state index in [0.29, 0.717) is 19.6 Å². The van der Waals surface area contributed by atoms with Crippen molar-refractivity contribution in [2.45, 2.75) is 24.8 Å². The third-order valence-electron chi connectivity index (χ3n) is 5.40. The van der Waals surface area contributed by atoms with Crippen molar-refractivity contribution < 1.29 is 22.7 Å². The Hall–Kier alpha value is -3.00. The summed E-state index contributed by atoms with van der Waals surface area (Å²) in [6.07, 6.45) is 0.584. The predicted octanol–water partition coefficient (Wildman–Crippen LogP) is -0.157. The lowest BCUT2D eigenvalue weighted by atomic mass is 10.2. The zero-order chi connectivity index (χ0) is 24.9. The Bertz CT molecular complexity index is 1230. The number of methoxy groups -OCH3 is 1. The number of nitrogens with one attached hydrogen (secondary N) is 1. The quantitative estimate of drug-likeness (QED) is 0.486. The molecular formula is C21H29N5O7S. The lowest BCUT2D eigenvalue weighted by Gasteiger charge is -2.26. The van der Waals surface area contributed by atoms with Crippen LogP contribution in [-0.2, 0) is 26.0 Å². The minimum absolute atomic E-state index is 0.0131. The van der Waals surface area contributed by atoms with Crippen molar-refractivity contribution in [1.82, 2.24) is 13.9 Å². The Morgan fingerprint density at radius 1 is 1.21 bits per heavy atom. The third kappa shape index (κ3) is 5.22. The zero-order valence-electron chi connectivity index (χ0n) is 19.2. The van der Waals surface area contributed by atoms with Crippen molar-refractivity contribution in [3.8, 4) is 0 Å². The molecule has 0 unspecified atom stereocenters. The standard InChI is InChI=1S/C21H29N5O7S/c1-3-8-26-18(22)17(19(27)23-21(26)29)25(11-12-32-2)20(28)15-4-6-16(7-5-15)34(30,31)24-9-13-33-14-10-24/h4-7H,3,8-14,22H2,1-2H3,(H,23,27,29). The molecule has 0 aliphatic carbocycles. The van der Waals surface area contributed by atoms with Crippen LogP contribution in [0.3, 0.4) is 0 Å². The van der Waals surface area contributed by atoms with E-state index in [2.05, 4.69) is 4.98 Å². The molecule has 0 bridgehead atoms. The minimum Gasteiger partial charge on any atom is -0.383 e. The number of nitrogens with two attached hydrogens (primary N) is 1.